The van der Waals surface area contributed by atoms with Crippen molar-refractivity contribution >= 4 is 16.7 Å². The van der Waals surface area contributed by atoms with E-state index < -0.39 is 0 Å². The maximum atomic E-state index is 13.2. The lowest BCUT2D eigenvalue weighted by molar-refractivity contribution is 0.0922. The second-order valence-corrected chi connectivity index (χ2v) is 6.64. The molecule has 0 N–H and O–H groups in total. The van der Waals surface area contributed by atoms with Crippen molar-refractivity contribution in [2.75, 3.05) is 6.61 Å². The molecule has 0 bridgehead atoms. The highest BCUT2D eigenvalue weighted by Crippen LogP contribution is 2.25. The number of para-hydroxylation sites is 1. The number of hydrogen-bond donors (Lipinski definition) is 0. The number of benzene rings is 2. The summed E-state index contributed by atoms with van der Waals surface area (Å²) in [4.78, 5) is 17.2. The fourth-order valence-corrected chi connectivity index (χ4v) is 3.45. The number of Topliss-reactive ketones (excluding diaryl/α,β-unsaturated/α-hetero) is 1. The van der Waals surface area contributed by atoms with E-state index in [0.717, 1.165) is 28.0 Å². The molecule has 0 aliphatic heterocycles. The summed E-state index contributed by atoms with van der Waals surface area (Å²) in [7, 11) is 0. The van der Waals surface area contributed by atoms with Crippen LogP contribution in [0.25, 0.3) is 16.6 Å². The number of hydrogen-bond acceptors (Lipinski definition) is 3. The van der Waals surface area contributed by atoms with Crippen LogP contribution in [-0.4, -0.2) is 21.9 Å². The van der Waals surface area contributed by atoms with Crippen LogP contribution in [0, 0.1) is 19.7 Å². The Bertz CT molecular complexity index is 1160. The smallest absolute Gasteiger partial charge is 0.202 e. The molecular formula is C23H19FN2O2. The van der Waals surface area contributed by atoms with E-state index in [1.54, 1.807) is 18.3 Å². The van der Waals surface area contributed by atoms with Crippen molar-refractivity contribution in [1.82, 2.24) is 9.55 Å². The van der Waals surface area contributed by atoms with Crippen LogP contribution >= 0.6 is 0 Å². The molecule has 5 heteroatoms. The second kappa shape index (κ2) is 7.27. The number of carbonyl (C=O) groups excluding carboxylic acids is 1. The van der Waals surface area contributed by atoms with E-state index in [0.29, 0.717) is 11.3 Å². The van der Waals surface area contributed by atoms with E-state index in [-0.39, 0.29) is 18.2 Å². The predicted molar refractivity (Wildman–Crippen MR) is 107 cm³/mol. The van der Waals surface area contributed by atoms with Crippen LogP contribution in [0.1, 0.15) is 21.7 Å². The highest BCUT2D eigenvalue weighted by molar-refractivity contribution is 5.99. The first-order valence-corrected chi connectivity index (χ1v) is 8.99. The van der Waals surface area contributed by atoms with E-state index in [4.69, 9.17) is 4.74 Å². The van der Waals surface area contributed by atoms with Gasteiger partial charge in [0.05, 0.1) is 0 Å². The Morgan fingerprint density at radius 2 is 1.82 bits per heavy atom. The second-order valence-electron chi connectivity index (χ2n) is 6.64. The number of nitrogens with zero attached hydrogens (tertiary/aromatic N) is 2. The Labute approximate surface area is 162 Å². The van der Waals surface area contributed by atoms with Crippen LogP contribution in [-0.2, 0) is 0 Å². The monoisotopic (exact) mass is 374 g/mol. The van der Waals surface area contributed by atoms with Gasteiger partial charge in [-0.25, -0.2) is 4.39 Å². The van der Waals surface area contributed by atoms with E-state index >= 15 is 0 Å². The molecule has 0 aliphatic carbocycles. The van der Waals surface area contributed by atoms with E-state index in [1.165, 1.54) is 12.1 Å². The molecule has 28 heavy (non-hydrogen) atoms. The molecule has 0 atom stereocenters. The van der Waals surface area contributed by atoms with Crippen molar-refractivity contribution in [2.45, 2.75) is 13.8 Å². The van der Waals surface area contributed by atoms with Gasteiger partial charge in [-0.2, -0.15) is 0 Å². The zero-order valence-electron chi connectivity index (χ0n) is 15.6. The van der Waals surface area contributed by atoms with Gasteiger partial charge in [0, 0.05) is 34.2 Å². The van der Waals surface area contributed by atoms with Crippen LogP contribution in [0.4, 0.5) is 4.39 Å². The fourth-order valence-electron chi connectivity index (χ4n) is 3.45. The third-order valence-electron chi connectivity index (χ3n) is 4.77. The summed E-state index contributed by atoms with van der Waals surface area (Å²) in [6.07, 6.45) is 1.70. The minimum absolute atomic E-state index is 0.0800. The van der Waals surface area contributed by atoms with Gasteiger partial charge in [0.25, 0.3) is 0 Å². The molecule has 0 spiro atoms. The average molecular weight is 374 g/mol. The van der Waals surface area contributed by atoms with Gasteiger partial charge in [0.1, 0.15) is 17.1 Å². The summed E-state index contributed by atoms with van der Waals surface area (Å²) in [5, 5.41) is 0.960. The highest BCUT2D eigenvalue weighted by atomic mass is 19.1. The largest absolute Gasteiger partial charge is 0.483 e. The van der Waals surface area contributed by atoms with E-state index in [9.17, 15) is 9.18 Å². The van der Waals surface area contributed by atoms with Gasteiger partial charge in [0.15, 0.2) is 6.61 Å². The Balaban J connectivity index is 1.59. The van der Waals surface area contributed by atoms with Crippen LogP contribution < -0.4 is 4.74 Å². The molecule has 4 aromatic rings. The molecule has 140 valence electrons. The van der Waals surface area contributed by atoms with Gasteiger partial charge in [-0.15, -0.1) is 0 Å². The van der Waals surface area contributed by atoms with Gasteiger partial charge < -0.3 is 9.30 Å². The van der Waals surface area contributed by atoms with Gasteiger partial charge in [-0.05, 0) is 56.3 Å². The summed E-state index contributed by atoms with van der Waals surface area (Å²) in [6, 6.07) is 17.5. The number of fused-ring (bicyclic) bond motifs is 1. The summed E-state index contributed by atoms with van der Waals surface area (Å²) in [6.45, 7) is 3.72. The first-order chi connectivity index (χ1) is 13.5. The molecule has 4 nitrogen and oxygen atoms in total. The third kappa shape index (κ3) is 3.27. The lowest BCUT2D eigenvalue weighted by Crippen LogP contribution is -2.13. The first-order valence-electron chi connectivity index (χ1n) is 8.99. The molecule has 2 aromatic heterocycles. The molecule has 0 unspecified atom stereocenters. The van der Waals surface area contributed by atoms with Gasteiger partial charge in [-0.1, -0.05) is 18.2 Å². The standard InChI is InChI=1S/C23H19FN2O2/c1-15-13-20(16(2)26(15)19-10-8-18(24)9-11-19)21(27)14-28-22-7-3-5-17-6-4-12-25-23(17)22/h3-13H,14H2,1-2H3. The number of ketones is 1. The van der Waals surface area contributed by atoms with Crippen molar-refractivity contribution < 1.29 is 13.9 Å². The summed E-state index contributed by atoms with van der Waals surface area (Å²) < 4.78 is 21.0. The number of aromatic nitrogens is 2. The third-order valence-corrected chi connectivity index (χ3v) is 4.77. The number of halogens is 1. The van der Waals surface area contributed by atoms with E-state index in [2.05, 4.69) is 4.98 Å². The highest BCUT2D eigenvalue weighted by Gasteiger charge is 2.17. The molecule has 4 rings (SSSR count). The van der Waals surface area contributed by atoms with Crippen LogP contribution in [0.15, 0.2) is 66.9 Å². The molecule has 2 aromatic carbocycles. The SMILES string of the molecule is Cc1cc(C(=O)COc2cccc3cccnc23)c(C)n1-c1ccc(F)cc1. The van der Waals surface area contributed by atoms with Crippen LogP contribution in [0.2, 0.25) is 0 Å². The van der Waals surface area contributed by atoms with Crippen LogP contribution in [0.3, 0.4) is 0 Å². The minimum Gasteiger partial charge on any atom is -0.483 e. The predicted octanol–water partition coefficient (Wildman–Crippen LogP) is 5.04. The average Bonchev–Trinajstić information content (AvgIpc) is 3.01. The number of rotatable bonds is 5. The zero-order chi connectivity index (χ0) is 19.7. The van der Waals surface area contributed by atoms with Crippen molar-refractivity contribution in [3.63, 3.8) is 0 Å². The Hall–Kier alpha value is -3.47. The lowest BCUT2D eigenvalue weighted by Gasteiger charge is -2.10. The lowest BCUT2D eigenvalue weighted by atomic mass is 10.1. The zero-order valence-corrected chi connectivity index (χ0v) is 15.6. The summed E-state index contributed by atoms with van der Waals surface area (Å²) >= 11 is 0. The fraction of sp³-hybridized carbons (Fsp3) is 0.130. The molecule has 0 aliphatic rings. The molecule has 2 heterocycles. The molecule has 0 fully saturated rings. The summed E-state index contributed by atoms with van der Waals surface area (Å²) in [5.74, 6) is 0.174. The molecule has 0 radical (unpaired) electrons. The Kier molecular flexibility index (Phi) is 4.65. The number of aryl methyl sites for hydroxylation is 1. The maximum Gasteiger partial charge on any atom is 0.202 e. The Morgan fingerprint density at radius 1 is 1.07 bits per heavy atom. The number of ether oxygens (including phenoxy) is 1. The van der Waals surface area contributed by atoms with Gasteiger partial charge in [-0.3, -0.25) is 9.78 Å². The van der Waals surface area contributed by atoms with Crippen molar-refractivity contribution in [1.29, 1.82) is 0 Å². The van der Waals surface area contributed by atoms with Crippen molar-refractivity contribution in [3.8, 4) is 11.4 Å². The van der Waals surface area contributed by atoms with Crippen molar-refractivity contribution in [2.24, 2.45) is 0 Å². The molecular weight excluding hydrogens is 355 g/mol. The van der Waals surface area contributed by atoms with Crippen LogP contribution in [0.5, 0.6) is 5.75 Å². The maximum absolute atomic E-state index is 13.2. The normalized spacial score (nSPS) is 11.0. The number of pyridine rings is 1. The Morgan fingerprint density at radius 3 is 2.61 bits per heavy atom. The quantitative estimate of drug-likeness (QED) is 0.460. The van der Waals surface area contributed by atoms with Gasteiger partial charge >= 0.3 is 0 Å². The number of carbonyl (C=O) groups is 1. The molecule has 0 saturated carbocycles. The topological polar surface area (TPSA) is 44.1 Å². The molecule has 0 saturated heterocycles. The van der Waals surface area contributed by atoms with Gasteiger partial charge in [0.2, 0.25) is 5.78 Å². The first kappa shape index (κ1) is 17.9. The van der Waals surface area contributed by atoms with Crippen molar-refractivity contribution in [3.05, 3.63) is 89.6 Å². The minimum atomic E-state index is -0.292. The summed E-state index contributed by atoms with van der Waals surface area (Å²) in [5.41, 5.74) is 3.84. The molecule has 0 amide bonds. The van der Waals surface area contributed by atoms with E-state index in [1.807, 2.05) is 54.8 Å².